The van der Waals surface area contributed by atoms with Crippen molar-refractivity contribution in [2.75, 3.05) is 19.7 Å². The van der Waals surface area contributed by atoms with Crippen molar-refractivity contribution in [3.8, 4) is 11.3 Å². The number of rotatable bonds is 2. The van der Waals surface area contributed by atoms with Crippen LogP contribution < -0.4 is 0 Å². The molecule has 1 aromatic carbocycles. The summed E-state index contributed by atoms with van der Waals surface area (Å²) in [5.41, 5.74) is 1.79. The highest BCUT2D eigenvalue weighted by atomic mass is 32.1. The molecule has 1 aliphatic rings. The second-order valence-electron chi connectivity index (χ2n) is 5.21. The van der Waals surface area contributed by atoms with Crippen LogP contribution in [0.2, 0.25) is 0 Å². The smallest absolute Gasteiger partial charge is 0.266 e. The molecule has 0 aliphatic carbocycles. The molecule has 0 N–H and O–H groups in total. The fourth-order valence-electron chi connectivity index (χ4n) is 2.51. The van der Waals surface area contributed by atoms with Crippen molar-refractivity contribution in [3.05, 3.63) is 40.2 Å². The van der Waals surface area contributed by atoms with Crippen LogP contribution in [0.15, 0.2) is 30.3 Å². The summed E-state index contributed by atoms with van der Waals surface area (Å²) in [6.45, 7) is 5.83. The van der Waals surface area contributed by atoms with Crippen molar-refractivity contribution < 1.29 is 9.53 Å². The molecule has 1 amide bonds. The summed E-state index contributed by atoms with van der Waals surface area (Å²) >= 11 is 1.47. The molecule has 110 valence electrons. The Balaban J connectivity index is 1.93. The van der Waals surface area contributed by atoms with Crippen molar-refractivity contribution in [2.24, 2.45) is 0 Å². The molecule has 5 heteroatoms. The molecule has 0 radical (unpaired) electrons. The first-order valence-electron chi connectivity index (χ1n) is 7.09. The molecule has 1 unspecified atom stereocenters. The standard InChI is InChI=1S/C16H18N2O2S/c1-11-10-18(8-9-20-11)16(19)15-14(17-12(2)21-15)13-6-4-3-5-7-13/h3-7,11H,8-10H2,1-2H3. The third-order valence-corrected chi connectivity index (χ3v) is 4.46. The average Bonchev–Trinajstić information content (AvgIpc) is 2.89. The maximum atomic E-state index is 12.8. The summed E-state index contributed by atoms with van der Waals surface area (Å²) in [6.07, 6.45) is 0.0943. The number of thiazole rings is 1. The number of hydrogen-bond donors (Lipinski definition) is 0. The molecule has 1 saturated heterocycles. The Hall–Kier alpha value is -1.72. The highest BCUT2D eigenvalue weighted by Gasteiger charge is 2.26. The van der Waals surface area contributed by atoms with E-state index in [1.54, 1.807) is 0 Å². The Bertz CT molecular complexity index is 639. The number of benzene rings is 1. The first-order chi connectivity index (χ1) is 10.1. The van der Waals surface area contributed by atoms with Crippen LogP contribution in [0.3, 0.4) is 0 Å². The number of carbonyl (C=O) groups is 1. The number of aryl methyl sites for hydroxylation is 1. The molecule has 2 heterocycles. The fraction of sp³-hybridized carbons (Fsp3) is 0.375. The van der Waals surface area contributed by atoms with Gasteiger partial charge in [0.2, 0.25) is 0 Å². The molecule has 1 fully saturated rings. The molecular formula is C16H18N2O2S. The second kappa shape index (κ2) is 5.95. The van der Waals surface area contributed by atoms with Crippen LogP contribution in [0.5, 0.6) is 0 Å². The Labute approximate surface area is 128 Å². The van der Waals surface area contributed by atoms with Gasteiger partial charge in [-0.1, -0.05) is 30.3 Å². The van der Waals surface area contributed by atoms with Gasteiger partial charge in [0.25, 0.3) is 5.91 Å². The Kier molecular flexibility index (Phi) is 4.03. The van der Waals surface area contributed by atoms with E-state index in [9.17, 15) is 4.79 Å². The largest absolute Gasteiger partial charge is 0.375 e. The van der Waals surface area contributed by atoms with E-state index in [4.69, 9.17) is 4.74 Å². The Morgan fingerprint density at radius 2 is 2.14 bits per heavy atom. The van der Waals surface area contributed by atoms with Gasteiger partial charge >= 0.3 is 0 Å². The molecule has 0 spiro atoms. The Morgan fingerprint density at radius 3 is 2.86 bits per heavy atom. The molecule has 4 nitrogen and oxygen atoms in total. The first kappa shape index (κ1) is 14.2. The molecular weight excluding hydrogens is 284 g/mol. The molecule has 2 aromatic rings. The van der Waals surface area contributed by atoms with Gasteiger partial charge in [0.05, 0.1) is 23.4 Å². The summed E-state index contributed by atoms with van der Waals surface area (Å²) in [6, 6.07) is 9.89. The third kappa shape index (κ3) is 2.99. The van der Waals surface area contributed by atoms with E-state index < -0.39 is 0 Å². The van der Waals surface area contributed by atoms with Gasteiger partial charge in [-0.15, -0.1) is 11.3 Å². The predicted molar refractivity (Wildman–Crippen MR) is 83.6 cm³/mol. The number of carbonyl (C=O) groups excluding carboxylic acids is 1. The SMILES string of the molecule is Cc1nc(-c2ccccc2)c(C(=O)N2CCOC(C)C2)s1. The van der Waals surface area contributed by atoms with Gasteiger partial charge in [0, 0.05) is 18.7 Å². The van der Waals surface area contributed by atoms with Crippen molar-refractivity contribution >= 4 is 17.2 Å². The van der Waals surface area contributed by atoms with Gasteiger partial charge in [-0.05, 0) is 13.8 Å². The fourth-order valence-corrected chi connectivity index (χ4v) is 3.42. The minimum absolute atomic E-state index is 0.0644. The van der Waals surface area contributed by atoms with Crippen LogP contribution in [0.1, 0.15) is 21.6 Å². The summed E-state index contributed by atoms with van der Waals surface area (Å²) in [5, 5.41) is 0.915. The van der Waals surface area contributed by atoms with Crippen molar-refractivity contribution in [1.82, 2.24) is 9.88 Å². The average molecular weight is 302 g/mol. The number of nitrogens with zero attached hydrogens (tertiary/aromatic N) is 2. The molecule has 1 aromatic heterocycles. The number of morpholine rings is 1. The van der Waals surface area contributed by atoms with Crippen LogP contribution in [0.4, 0.5) is 0 Å². The predicted octanol–water partition coefficient (Wildman–Crippen LogP) is 2.98. The lowest BCUT2D eigenvalue weighted by atomic mass is 10.1. The number of hydrogen-bond acceptors (Lipinski definition) is 4. The topological polar surface area (TPSA) is 42.4 Å². The van der Waals surface area contributed by atoms with Gasteiger partial charge in [0.15, 0.2) is 0 Å². The van der Waals surface area contributed by atoms with E-state index in [0.717, 1.165) is 21.1 Å². The van der Waals surface area contributed by atoms with Crippen molar-refractivity contribution in [1.29, 1.82) is 0 Å². The molecule has 0 bridgehead atoms. The van der Waals surface area contributed by atoms with E-state index in [2.05, 4.69) is 4.98 Å². The van der Waals surface area contributed by atoms with Gasteiger partial charge in [-0.25, -0.2) is 4.98 Å². The van der Waals surface area contributed by atoms with E-state index in [1.165, 1.54) is 11.3 Å². The lowest BCUT2D eigenvalue weighted by Gasteiger charge is -2.31. The summed E-state index contributed by atoms with van der Waals surface area (Å²) in [4.78, 5) is 19.9. The maximum absolute atomic E-state index is 12.8. The lowest BCUT2D eigenvalue weighted by Crippen LogP contribution is -2.44. The van der Waals surface area contributed by atoms with Crippen LogP contribution in [-0.4, -0.2) is 41.6 Å². The minimum atomic E-state index is 0.0644. The number of aromatic nitrogens is 1. The number of amides is 1. The molecule has 0 saturated carbocycles. The molecule has 1 atom stereocenters. The zero-order chi connectivity index (χ0) is 14.8. The summed E-state index contributed by atoms with van der Waals surface area (Å²) in [5.74, 6) is 0.0644. The quantitative estimate of drug-likeness (QED) is 0.856. The highest BCUT2D eigenvalue weighted by Crippen LogP contribution is 2.29. The highest BCUT2D eigenvalue weighted by molar-refractivity contribution is 7.14. The van der Waals surface area contributed by atoms with Crippen molar-refractivity contribution in [2.45, 2.75) is 20.0 Å². The van der Waals surface area contributed by atoms with E-state index in [1.807, 2.05) is 49.1 Å². The number of ether oxygens (including phenoxy) is 1. The summed E-state index contributed by atoms with van der Waals surface area (Å²) in [7, 11) is 0. The van der Waals surface area contributed by atoms with Gasteiger partial charge in [0.1, 0.15) is 4.88 Å². The summed E-state index contributed by atoms with van der Waals surface area (Å²) < 4.78 is 5.51. The van der Waals surface area contributed by atoms with Crippen molar-refractivity contribution in [3.63, 3.8) is 0 Å². The van der Waals surface area contributed by atoms with Crippen LogP contribution in [0, 0.1) is 6.92 Å². The van der Waals surface area contributed by atoms with Crippen LogP contribution >= 0.6 is 11.3 Å². The lowest BCUT2D eigenvalue weighted by molar-refractivity contribution is -0.0122. The monoisotopic (exact) mass is 302 g/mol. The minimum Gasteiger partial charge on any atom is -0.375 e. The first-order valence-corrected chi connectivity index (χ1v) is 7.90. The van der Waals surface area contributed by atoms with Gasteiger partial charge < -0.3 is 9.64 Å². The van der Waals surface area contributed by atoms with E-state index >= 15 is 0 Å². The van der Waals surface area contributed by atoms with Crippen LogP contribution in [0.25, 0.3) is 11.3 Å². The maximum Gasteiger partial charge on any atom is 0.266 e. The zero-order valence-corrected chi connectivity index (χ0v) is 13.0. The molecule has 3 rings (SSSR count). The normalized spacial score (nSPS) is 18.8. The van der Waals surface area contributed by atoms with E-state index in [0.29, 0.717) is 19.7 Å². The second-order valence-corrected chi connectivity index (χ2v) is 6.41. The molecule has 21 heavy (non-hydrogen) atoms. The van der Waals surface area contributed by atoms with Gasteiger partial charge in [-0.2, -0.15) is 0 Å². The zero-order valence-electron chi connectivity index (χ0n) is 12.2. The van der Waals surface area contributed by atoms with Gasteiger partial charge in [-0.3, -0.25) is 4.79 Å². The Morgan fingerprint density at radius 1 is 1.38 bits per heavy atom. The molecule has 1 aliphatic heterocycles. The van der Waals surface area contributed by atoms with Crippen LogP contribution in [-0.2, 0) is 4.74 Å². The third-order valence-electron chi connectivity index (χ3n) is 3.50. The van der Waals surface area contributed by atoms with E-state index in [-0.39, 0.29) is 12.0 Å².